The number of aliphatic hydroxyl groups excluding tert-OH is 1. The molecule has 1 aromatic heterocycles. The van der Waals surface area contributed by atoms with Crippen molar-refractivity contribution in [3.63, 3.8) is 0 Å². The van der Waals surface area contributed by atoms with Gasteiger partial charge in [-0.2, -0.15) is 5.10 Å². The molecule has 1 aromatic carbocycles. The second-order valence-electron chi connectivity index (χ2n) is 5.62. The molecule has 0 fully saturated rings. The normalized spacial score (nSPS) is 17.4. The van der Waals surface area contributed by atoms with E-state index in [4.69, 9.17) is 0 Å². The highest BCUT2D eigenvalue weighted by Gasteiger charge is 2.30. The standard InChI is InChI=1S/C17H21N3O2/c1-2-19-11-13(10-18-19)9-17(22)20-8-7-14-5-3-4-6-15(14)16(20)12-21/h3-6,10-11,16,21H,2,7-9,12H2,1H3. The van der Waals surface area contributed by atoms with E-state index in [0.717, 1.165) is 24.1 Å². The highest BCUT2D eigenvalue weighted by molar-refractivity contribution is 5.79. The molecule has 0 radical (unpaired) electrons. The number of rotatable bonds is 4. The van der Waals surface area contributed by atoms with E-state index in [1.54, 1.807) is 11.1 Å². The van der Waals surface area contributed by atoms with Gasteiger partial charge in [-0.1, -0.05) is 24.3 Å². The number of hydrogen-bond acceptors (Lipinski definition) is 3. The summed E-state index contributed by atoms with van der Waals surface area (Å²) in [6, 6.07) is 7.80. The molecule has 5 heteroatoms. The van der Waals surface area contributed by atoms with Crippen LogP contribution in [-0.2, 0) is 24.2 Å². The van der Waals surface area contributed by atoms with Crippen LogP contribution in [0.5, 0.6) is 0 Å². The van der Waals surface area contributed by atoms with E-state index >= 15 is 0 Å². The zero-order valence-corrected chi connectivity index (χ0v) is 12.8. The molecule has 2 aromatic rings. The minimum atomic E-state index is -0.237. The summed E-state index contributed by atoms with van der Waals surface area (Å²) >= 11 is 0. The number of hydrogen-bond donors (Lipinski definition) is 1. The van der Waals surface area contributed by atoms with Crippen LogP contribution in [0.1, 0.15) is 29.7 Å². The molecule has 1 aliphatic heterocycles. The molecule has 0 saturated carbocycles. The van der Waals surface area contributed by atoms with Gasteiger partial charge in [0.15, 0.2) is 0 Å². The summed E-state index contributed by atoms with van der Waals surface area (Å²) < 4.78 is 1.82. The molecule has 22 heavy (non-hydrogen) atoms. The van der Waals surface area contributed by atoms with Gasteiger partial charge < -0.3 is 10.0 Å². The fraction of sp³-hybridized carbons (Fsp3) is 0.412. The lowest BCUT2D eigenvalue weighted by atomic mass is 9.92. The molecule has 0 bridgehead atoms. The van der Waals surface area contributed by atoms with Gasteiger partial charge in [-0.05, 0) is 30.0 Å². The predicted octanol–water partition coefficient (Wildman–Crippen LogP) is 1.56. The molecular formula is C17H21N3O2. The number of carbonyl (C=O) groups excluding carboxylic acids is 1. The van der Waals surface area contributed by atoms with Crippen LogP contribution in [0.2, 0.25) is 0 Å². The Balaban J connectivity index is 1.77. The van der Waals surface area contributed by atoms with Gasteiger partial charge in [0.2, 0.25) is 5.91 Å². The van der Waals surface area contributed by atoms with Crippen molar-refractivity contribution in [1.29, 1.82) is 0 Å². The third kappa shape index (κ3) is 2.76. The molecule has 116 valence electrons. The molecule has 1 aliphatic rings. The van der Waals surface area contributed by atoms with E-state index in [1.165, 1.54) is 5.56 Å². The first-order chi connectivity index (χ1) is 10.7. The van der Waals surface area contributed by atoms with Gasteiger partial charge in [0.25, 0.3) is 0 Å². The van der Waals surface area contributed by atoms with Gasteiger partial charge in [-0.15, -0.1) is 0 Å². The average molecular weight is 299 g/mol. The number of carbonyl (C=O) groups is 1. The first-order valence-corrected chi connectivity index (χ1v) is 7.72. The first-order valence-electron chi connectivity index (χ1n) is 7.72. The summed E-state index contributed by atoms with van der Waals surface area (Å²) in [4.78, 5) is 14.4. The topological polar surface area (TPSA) is 58.4 Å². The number of benzene rings is 1. The molecule has 2 heterocycles. The highest BCUT2D eigenvalue weighted by atomic mass is 16.3. The first kappa shape index (κ1) is 14.8. The molecule has 1 unspecified atom stereocenters. The SMILES string of the molecule is CCn1cc(CC(=O)N2CCc3ccccc3C2CO)cn1. The zero-order chi connectivity index (χ0) is 15.5. The van der Waals surface area contributed by atoms with Crippen LogP contribution in [0.4, 0.5) is 0 Å². The van der Waals surface area contributed by atoms with Crippen molar-refractivity contribution in [1.82, 2.24) is 14.7 Å². The Morgan fingerprint density at radius 3 is 2.95 bits per heavy atom. The molecule has 0 saturated heterocycles. The summed E-state index contributed by atoms with van der Waals surface area (Å²) in [6.45, 7) is 3.42. The minimum Gasteiger partial charge on any atom is -0.394 e. The summed E-state index contributed by atoms with van der Waals surface area (Å²) in [5.41, 5.74) is 3.21. The number of aryl methyl sites for hydroxylation is 1. The summed E-state index contributed by atoms with van der Waals surface area (Å²) in [5, 5.41) is 14.0. The van der Waals surface area contributed by atoms with Crippen LogP contribution < -0.4 is 0 Å². The Morgan fingerprint density at radius 2 is 2.23 bits per heavy atom. The maximum atomic E-state index is 12.6. The van der Waals surface area contributed by atoms with E-state index < -0.39 is 0 Å². The van der Waals surface area contributed by atoms with Crippen molar-refractivity contribution in [2.24, 2.45) is 0 Å². The maximum absolute atomic E-state index is 12.6. The number of fused-ring (bicyclic) bond motifs is 1. The van der Waals surface area contributed by atoms with Crippen LogP contribution in [-0.4, -0.2) is 38.8 Å². The van der Waals surface area contributed by atoms with Gasteiger partial charge in [-0.3, -0.25) is 9.48 Å². The third-order valence-electron chi connectivity index (χ3n) is 4.27. The van der Waals surface area contributed by atoms with Crippen LogP contribution >= 0.6 is 0 Å². The number of aromatic nitrogens is 2. The molecule has 5 nitrogen and oxygen atoms in total. The van der Waals surface area contributed by atoms with Gasteiger partial charge in [0, 0.05) is 19.3 Å². The van der Waals surface area contributed by atoms with Gasteiger partial charge in [-0.25, -0.2) is 0 Å². The lowest BCUT2D eigenvalue weighted by Crippen LogP contribution is -2.42. The molecule has 1 amide bonds. The van der Waals surface area contributed by atoms with E-state index in [9.17, 15) is 9.90 Å². The molecule has 3 rings (SSSR count). The Kier molecular flexibility index (Phi) is 4.24. The molecule has 0 aliphatic carbocycles. The predicted molar refractivity (Wildman–Crippen MR) is 83.3 cm³/mol. The fourth-order valence-electron chi connectivity index (χ4n) is 3.09. The Morgan fingerprint density at radius 1 is 1.41 bits per heavy atom. The molecule has 0 spiro atoms. The van der Waals surface area contributed by atoms with Gasteiger partial charge in [0.05, 0.1) is 25.3 Å². The lowest BCUT2D eigenvalue weighted by Gasteiger charge is -2.36. The monoisotopic (exact) mass is 299 g/mol. The van der Waals surface area contributed by atoms with Crippen molar-refractivity contribution in [2.75, 3.05) is 13.2 Å². The summed E-state index contributed by atoms with van der Waals surface area (Å²) in [6.07, 6.45) is 4.82. The van der Waals surface area contributed by atoms with Crippen molar-refractivity contribution in [2.45, 2.75) is 32.4 Å². The Hall–Kier alpha value is -2.14. The zero-order valence-electron chi connectivity index (χ0n) is 12.8. The summed E-state index contributed by atoms with van der Waals surface area (Å²) in [7, 11) is 0. The molecular weight excluding hydrogens is 278 g/mol. The van der Waals surface area contributed by atoms with Crippen LogP contribution in [0.15, 0.2) is 36.7 Å². The Labute approximate surface area is 130 Å². The third-order valence-corrected chi connectivity index (χ3v) is 4.27. The fourth-order valence-corrected chi connectivity index (χ4v) is 3.09. The lowest BCUT2D eigenvalue weighted by molar-refractivity contribution is -0.134. The van der Waals surface area contributed by atoms with Crippen LogP contribution in [0.25, 0.3) is 0 Å². The van der Waals surface area contributed by atoms with Crippen molar-refractivity contribution >= 4 is 5.91 Å². The minimum absolute atomic E-state index is 0.0447. The van der Waals surface area contributed by atoms with E-state index in [1.807, 2.05) is 36.0 Å². The van der Waals surface area contributed by atoms with Crippen molar-refractivity contribution < 1.29 is 9.90 Å². The van der Waals surface area contributed by atoms with Gasteiger partial charge in [0.1, 0.15) is 0 Å². The van der Waals surface area contributed by atoms with E-state index in [0.29, 0.717) is 13.0 Å². The maximum Gasteiger partial charge on any atom is 0.227 e. The van der Waals surface area contributed by atoms with E-state index in [2.05, 4.69) is 11.2 Å². The van der Waals surface area contributed by atoms with Gasteiger partial charge >= 0.3 is 0 Å². The smallest absolute Gasteiger partial charge is 0.227 e. The highest BCUT2D eigenvalue weighted by Crippen LogP contribution is 2.29. The van der Waals surface area contributed by atoms with Crippen LogP contribution in [0.3, 0.4) is 0 Å². The van der Waals surface area contributed by atoms with Crippen molar-refractivity contribution in [3.8, 4) is 0 Å². The van der Waals surface area contributed by atoms with Crippen molar-refractivity contribution in [3.05, 3.63) is 53.3 Å². The Bertz CT molecular complexity index is 665. The molecule has 1 N–H and O–H groups in total. The van der Waals surface area contributed by atoms with E-state index in [-0.39, 0.29) is 18.6 Å². The van der Waals surface area contributed by atoms with Crippen LogP contribution in [0, 0.1) is 0 Å². The number of aliphatic hydroxyl groups is 1. The molecule has 1 atom stereocenters. The largest absolute Gasteiger partial charge is 0.394 e. The number of nitrogens with zero attached hydrogens (tertiary/aromatic N) is 3. The second-order valence-corrected chi connectivity index (χ2v) is 5.62. The summed E-state index contributed by atoms with van der Waals surface area (Å²) in [5.74, 6) is 0.0456. The number of amides is 1. The quantitative estimate of drug-likeness (QED) is 0.932. The average Bonchev–Trinajstić information content (AvgIpc) is 3.01. The second kappa shape index (κ2) is 6.32.